The molecular weight excluding hydrogens is 468 g/mol. The topological polar surface area (TPSA) is 137 Å². The molecule has 0 radical (unpaired) electrons. The molecule has 3 aromatic carbocycles. The van der Waals surface area contributed by atoms with Crippen molar-refractivity contribution in [1.29, 1.82) is 0 Å². The number of H-pyrrole nitrogens is 1. The molecule has 4 rings (SSSR count). The van der Waals surface area contributed by atoms with Gasteiger partial charge >= 0.3 is 5.97 Å². The second-order valence-electron chi connectivity index (χ2n) is 9.01. The quantitative estimate of drug-likeness (QED) is 0.216. The molecule has 0 aliphatic heterocycles. The van der Waals surface area contributed by atoms with Crippen LogP contribution in [0.3, 0.4) is 0 Å². The zero-order valence-electron chi connectivity index (χ0n) is 20.3. The van der Waals surface area contributed by atoms with E-state index in [1.54, 1.807) is 12.1 Å². The van der Waals surface area contributed by atoms with Gasteiger partial charge in [0.05, 0.1) is 6.04 Å². The monoisotopic (exact) mass is 498 g/mol. The average molecular weight is 499 g/mol. The van der Waals surface area contributed by atoms with Crippen LogP contribution in [-0.2, 0) is 33.6 Å². The van der Waals surface area contributed by atoms with Crippen LogP contribution in [0.2, 0.25) is 0 Å². The number of benzene rings is 3. The number of carbonyl (C=O) groups is 3. The number of nitrogens with one attached hydrogen (secondary N) is 3. The maximum absolute atomic E-state index is 13.3. The fourth-order valence-corrected chi connectivity index (χ4v) is 4.29. The van der Waals surface area contributed by atoms with Crippen LogP contribution in [-0.4, -0.2) is 46.0 Å². The van der Waals surface area contributed by atoms with E-state index in [-0.39, 0.29) is 19.3 Å². The van der Waals surface area contributed by atoms with Crippen LogP contribution in [0.25, 0.3) is 10.9 Å². The minimum atomic E-state index is -1.15. The van der Waals surface area contributed by atoms with E-state index in [0.29, 0.717) is 0 Å². The van der Waals surface area contributed by atoms with Gasteiger partial charge in [-0.05, 0) is 29.2 Å². The van der Waals surface area contributed by atoms with Crippen molar-refractivity contribution in [2.45, 2.75) is 37.4 Å². The van der Waals surface area contributed by atoms with Crippen molar-refractivity contribution in [3.05, 3.63) is 108 Å². The number of aromatic amines is 1. The molecule has 1 aromatic heterocycles. The number of nitrogens with two attached hydrogens (primary N) is 1. The number of amides is 2. The lowest BCUT2D eigenvalue weighted by molar-refractivity contribution is -0.142. The second kappa shape index (κ2) is 12.0. The van der Waals surface area contributed by atoms with Crippen molar-refractivity contribution < 1.29 is 19.5 Å². The van der Waals surface area contributed by atoms with Crippen LogP contribution in [0.5, 0.6) is 0 Å². The van der Waals surface area contributed by atoms with Gasteiger partial charge < -0.3 is 26.5 Å². The predicted octanol–water partition coefficient (Wildman–Crippen LogP) is 2.58. The van der Waals surface area contributed by atoms with Crippen molar-refractivity contribution >= 4 is 28.7 Å². The number of hydrogen-bond donors (Lipinski definition) is 5. The third kappa shape index (κ3) is 6.83. The Morgan fingerprint density at radius 3 is 1.89 bits per heavy atom. The molecule has 37 heavy (non-hydrogen) atoms. The Bertz CT molecular complexity index is 1350. The van der Waals surface area contributed by atoms with E-state index in [4.69, 9.17) is 5.73 Å². The van der Waals surface area contributed by atoms with E-state index in [1.807, 2.05) is 79.0 Å². The SMILES string of the molecule is N[C@@H](Cc1c[nH]c2ccccc12)C(=O)N[C@@H](Cc1ccccc1)C(=O)N[C@@H](Cc1ccccc1)C(=O)O. The van der Waals surface area contributed by atoms with Gasteiger partial charge in [0, 0.05) is 29.9 Å². The van der Waals surface area contributed by atoms with Gasteiger partial charge in [0.2, 0.25) is 11.8 Å². The predicted molar refractivity (Wildman–Crippen MR) is 142 cm³/mol. The molecule has 0 aliphatic rings. The molecule has 0 saturated carbocycles. The first-order valence-corrected chi connectivity index (χ1v) is 12.1. The summed E-state index contributed by atoms with van der Waals surface area (Å²) >= 11 is 0. The van der Waals surface area contributed by atoms with Crippen LogP contribution >= 0.6 is 0 Å². The Morgan fingerprint density at radius 1 is 0.730 bits per heavy atom. The Balaban J connectivity index is 1.48. The van der Waals surface area contributed by atoms with Crippen LogP contribution in [0, 0.1) is 0 Å². The van der Waals surface area contributed by atoms with Crippen molar-refractivity contribution in [2.75, 3.05) is 0 Å². The Morgan fingerprint density at radius 2 is 1.27 bits per heavy atom. The van der Waals surface area contributed by atoms with Gasteiger partial charge in [0.25, 0.3) is 0 Å². The van der Waals surface area contributed by atoms with Gasteiger partial charge in [0.1, 0.15) is 12.1 Å². The molecule has 4 aromatic rings. The Kier molecular flexibility index (Phi) is 8.33. The zero-order chi connectivity index (χ0) is 26.2. The summed E-state index contributed by atoms with van der Waals surface area (Å²) in [5, 5.41) is 16.1. The van der Waals surface area contributed by atoms with Crippen LogP contribution in [0.4, 0.5) is 0 Å². The van der Waals surface area contributed by atoms with Gasteiger partial charge in [-0.15, -0.1) is 0 Å². The van der Waals surface area contributed by atoms with E-state index in [1.165, 1.54) is 0 Å². The number of fused-ring (bicyclic) bond motifs is 1. The second-order valence-corrected chi connectivity index (χ2v) is 9.01. The minimum absolute atomic E-state index is 0.119. The van der Waals surface area contributed by atoms with Gasteiger partial charge in [0.15, 0.2) is 0 Å². The number of para-hydroxylation sites is 1. The molecule has 0 spiro atoms. The van der Waals surface area contributed by atoms with Crippen molar-refractivity contribution in [1.82, 2.24) is 15.6 Å². The van der Waals surface area contributed by atoms with Gasteiger partial charge in [-0.3, -0.25) is 9.59 Å². The molecule has 0 aliphatic carbocycles. The highest BCUT2D eigenvalue weighted by atomic mass is 16.4. The average Bonchev–Trinajstić information content (AvgIpc) is 3.31. The van der Waals surface area contributed by atoms with E-state index in [0.717, 1.165) is 27.6 Å². The summed E-state index contributed by atoms with van der Waals surface area (Å²) in [6, 6.07) is 23.0. The lowest BCUT2D eigenvalue weighted by Crippen LogP contribution is -2.55. The number of rotatable bonds is 11. The summed E-state index contributed by atoms with van der Waals surface area (Å²) in [7, 11) is 0. The van der Waals surface area contributed by atoms with Crippen molar-refractivity contribution in [2.24, 2.45) is 5.73 Å². The molecule has 8 heteroatoms. The molecule has 8 nitrogen and oxygen atoms in total. The van der Waals surface area contributed by atoms with Crippen LogP contribution in [0.15, 0.2) is 91.1 Å². The third-order valence-electron chi connectivity index (χ3n) is 6.26. The highest BCUT2D eigenvalue weighted by molar-refractivity contribution is 5.92. The minimum Gasteiger partial charge on any atom is -0.480 e. The molecule has 6 N–H and O–H groups in total. The first-order chi connectivity index (χ1) is 17.9. The summed E-state index contributed by atoms with van der Waals surface area (Å²) in [6.07, 6.45) is 2.41. The lowest BCUT2D eigenvalue weighted by Gasteiger charge is -2.23. The fourth-order valence-electron chi connectivity index (χ4n) is 4.29. The van der Waals surface area contributed by atoms with Crippen LogP contribution < -0.4 is 16.4 Å². The molecule has 3 atom stereocenters. The first-order valence-electron chi connectivity index (χ1n) is 12.1. The Hall–Kier alpha value is -4.43. The van der Waals surface area contributed by atoms with Crippen LogP contribution in [0.1, 0.15) is 16.7 Å². The van der Waals surface area contributed by atoms with E-state index in [2.05, 4.69) is 15.6 Å². The molecule has 190 valence electrons. The van der Waals surface area contributed by atoms with Gasteiger partial charge in [-0.25, -0.2) is 4.79 Å². The summed E-state index contributed by atoms with van der Waals surface area (Å²) < 4.78 is 0. The van der Waals surface area contributed by atoms with E-state index < -0.39 is 35.9 Å². The van der Waals surface area contributed by atoms with Crippen molar-refractivity contribution in [3.63, 3.8) is 0 Å². The largest absolute Gasteiger partial charge is 0.480 e. The summed E-state index contributed by atoms with van der Waals surface area (Å²) in [5.74, 6) is -2.23. The number of aromatic nitrogens is 1. The van der Waals surface area contributed by atoms with Gasteiger partial charge in [-0.1, -0.05) is 78.9 Å². The zero-order valence-corrected chi connectivity index (χ0v) is 20.3. The fraction of sp³-hybridized carbons (Fsp3) is 0.207. The number of hydrogen-bond acceptors (Lipinski definition) is 4. The molecule has 0 saturated heterocycles. The number of carbonyl (C=O) groups excluding carboxylic acids is 2. The van der Waals surface area contributed by atoms with Gasteiger partial charge in [-0.2, -0.15) is 0 Å². The summed E-state index contributed by atoms with van der Waals surface area (Å²) in [6.45, 7) is 0. The summed E-state index contributed by atoms with van der Waals surface area (Å²) in [5.41, 5.74) is 9.69. The number of carboxylic acids is 1. The molecule has 2 amide bonds. The first kappa shape index (κ1) is 25.7. The molecule has 0 fully saturated rings. The highest BCUT2D eigenvalue weighted by Gasteiger charge is 2.28. The van der Waals surface area contributed by atoms with E-state index in [9.17, 15) is 19.5 Å². The molecule has 0 bridgehead atoms. The normalized spacial score (nSPS) is 13.4. The highest BCUT2D eigenvalue weighted by Crippen LogP contribution is 2.19. The number of aliphatic carboxylic acids is 1. The standard InChI is InChI=1S/C29H30N4O4/c30-23(17-21-18-31-24-14-8-7-13-22(21)24)27(34)32-25(15-19-9-3-1-4-10-19)28(35)33-26(29(36)37)16-20-11-5-2-6-12-20/h1-14,18,23,25-26,31H,15-17,30H2,(H,32,34)(H,33,35)(H,36,37)/t23-,25-,26-/m0/s1. The van der Waals surface area contributed by atoms with Crippen molar-refractivity contribution in [3.8, 4) is 0 Å². The number of carboxylic acid groups (broad SMARTS) is 1. The Labute approximate surface area is 214 Å². The lowest BCUT2D eigenvalue weighted by atomic mass is 10.0. The molecule has 0 unspecified atom stereocenters. The molecular formula is C29H30N4O4. The molecule has 1 heterocycles. The van der Waals surface area contributed by atoms with E-state index >= 15 is 0 Å². The smallest absolute Gasteiger partial charge is 0.326 e. The third-order valence-corrected chi connectivity index (χ3v) is 6.26. The summed E-state index contributed by atoms with van der Waals surface area (Å²) in [4.78, 5) is 41.4. The maximum atomic E-state index is 13.3. The maximum Gasteiger partial charge on any atom is 0.326 e.